The van der Waals surface area contributed by atoms with Gasteiger partial charge < -0.3 is 9.88 Å². The first-order valence-electron chi connectivity index (χ1n) is 5.18. The van der Waals surface area contributed by atoms with Gasteiger partial charge >= 0.3 is 0 Å². The molecule has 3 nitrogen and oxygen atoms in total. The number of amides is 1. The molecule has 16 heavy (non-hydrogen) atoms. The van der Waals surface area contributed by atoms with E-state index in [0.29, 0.717) is 6.54 Å². The molecule has 0 fully saturated rings. The normalized spacial score (nSPS) is 10.3. The third-order valence-corrected chi connectivity index (χ3v) is 3.21. The van der Waals surface area contributed by atoms with Crippen LogP contribution in [0, 0.1) is 0 Å². The van der Waals surface area contributed by atoms with Gasteiger partial charge in [0, 0.05) is 26.0 Å². The molecule has 4 heteroatoms. The van der Waals surface area contributed by atoms with Crippen LogP contribution >= 0.6 is 11.3 Å². The summed E-state index contributed by atoms with van der Waals surface area (Å²) >= 11 is 1.47. The third-order valence-electron chi connectivity index (χ3n) is 2.34. The topological polar surface area (TPSA) is 34.0 Å². The summed E-state index contributed by atoms with van der Waals surface area (Å²) in [5, 5.41) is 4.81. The van der Waals surface area contributed by atoms with E-state index in [2.05, 4.69) is 17.6 Å². The van der Waals surface area contributed by atoms with E-state index in [9.17, 15) is 4.79 Å². The molecule has 0 spiro atoms. The fourth-order valence-corrected chi connectivity index (χ4v) is 2.16. The lowest BCUT2D eigenvalue weighted by Gasteiger charge is -2.01. The fraction of sp³-hybridized carbons (Fsp3) is 0.250. The van der Waals surface area contributed by atoms with Crippen LogP contribution < -0.4 is 5.32 Å². The van der Waals surface area contributed by atoms with Crippen molar-refractivity contribution in [3.63, 3.8) is 0 Å². The van der Waals surface area contributed by atoms with Crippen LogP contribution in [0.4, 0.5) is 0 Å². The molecule has 2 aromatic rings. The molecule has 0 radical (unpaired) electrons. The molecule has 0 aromatic carbocycles. The van der Waals surface area contributed by atoms with E-state index in [1.54, 1.807) is 0 Å². The van der Waals surface area contributed by atoms with Crippen LogP contribution in [-0.2, 0) is 13.5 Å². The number of hydrogen-bond acceptors (Lipinski definition) is 2. The Morgan fingerprint density at radius 3 is 3.00 bits per heavy atom. The van der Waals surface area contributed by atoms with Gasteiger partial charge in [0.2, 0.25) is 0 Å². The quantitative estimate of drug-likeness (QED) is 0.863. The number of hydrogen-bond donors (Lipinski definition) is 1. The summed E-state index contributed by atoms with van der Waals surface area (Å²) in [6, 6.07) is 5.79. The highest BCUT2D eigenvalue weighted by molar-refractivity contribution is 7.12. The molecule has 0 aliphatic rings. The van der Waals surface area contributed by atoms with Crippen molar-refractivity contribution in [2.45, 2.75) is 6.42 Å². The van der Waals surface area contributed by atoms with E-state index >= 15 is 0 Å². The van der Waals surface area contributed by atoms with Crippen molar-refractivity contribution in [3.05, 3.63) is 46.4 Å². The molecule has 0 bridgehead atoms. The van der Waals surface area contributed by atoms with E-state index in [1.807, 2.05) is 35.3 Å². The molecule has 0 aliphatic heterocycles. The summed E-state index contributed by atoms with van der Waals surface area (Å²) in [5.74, 6) is 0.0194. The minimum atomic E-state index is 0.0194. The summed E-state index contributed by atoms with van der Waals surface area (Å²) in [6.07, 6.45) is 4.95. The van der Waals surface area contributed by atoms with E-state index in [-0.39, 0.29) is 5.91 Å². The molecular formula is C12H14N2OS. The number of aromatic nitrogens is 1. The summed E-state index contributed by atoms with van der Waals surface area (Å²) in [5.41, 5.74) is 1.24. The van der Waals surface area contributed by atoms with Crippen molar-refractivity contribution in [2.24, 2.45) is 7.05 Å². The van der Waals surface area contributed by atoms with Crippen molar-refractivity contribution in [3.8, 4) is 0 Å². The van der Waals surface area contributed by atoms with Gasteiger partial charge in [-0.05, 0) is 29.5 Å². The molecule has 0 unspecified atom stereocenters. The molecule has 1 N–H and O–H groups in total. The van der Waals surface area contributed by atoms with Gasteiger partial charge in [-0.2, -0.15) is 0 Å². The Hall–Kier alpha value is -1.55. The van der Waals surface area contributed by atoms with Gasteiger partial charge in [0.05, 0.1) is 4.88 Å². The van der Waals surface area contributed by atoms with E-state index in [1.165, 1.54) is 16.9 Å². The molecule has 2 rings (SSSR count). The zero-order valence-electron chi connectivity index (χ0n) is 9.14. The first-order chi connectivity index (χ1) is 7.75. The average molecular weight is 234 g/mol. The lowest BCUT2D eigenvalue weighted by Crippen LogP contribution is -2.24. The van der Waals surface area contributed by atoms with Crippen LogP contribution in [0.15, 0.2) is 36.0 Å². The highest BCUT2D eigenvalue weighted by Crippen LogP contribution is 2.07. The van der Waals surface area contributed by atoms with Crippen molar-refractivity contribution < 1.29 is 4.79 Å². The zero-order chi connectivity index (χ0) is 11.4. The minimum absolute atomic E-state index is 0.0194. The van der Waals surface area contributed by atoms with Gasteiger partial charge in [-0.1, -0.05) is 6.07 Å². The largest absolute Gasteiger partial charge is 0.357 e. The van der Waals surface area contributed by atoms with Gasteiger partial charge in [-0.3, -0.25) is 4.79 Å². The monoisotopic (exact) mass is 234 g/mol. The second kappa shape index (κ2) is 4.99. The molecule has 0 atom stereocenters. The van der Waals surface area contributed by atoms with E-state index in [4.69, 9.17) is 0 Å². The predicted octanol–water partition coefficient (Wildman–Crippen LogP) is 2.06. The van der Waals surface area contributed by atoms with E-state index in [0.717, 1.165) is 11.3 Å². The highest BCUT2D eigenvalue weighted by Gasteiger charge is 2.04. The summed E-state index contributed by atoms with van der Waals surface area (Å²) in [7, 11) is 1.99. The first-order valence-corrected chi connectivity index (χ1v) is 6.06. The number of carbonyl (C=O) groups is 1. The Bertz CT molecular complexity index is 459. The fourth-order valence-electron chi connectivity index (χ4n) is 1.52. The standard InChI is InChI=1S/C12H14N2OS/c1-14-7-5-10(9-14)4-6-13-12(15)11-3-2-8-16-11/h2-3,5,7-9H,4,6H2,1H3,(H,13,15). The Labute approximate surface area is 98.7 Å². The Morgan fingerprint density at radius 1 is 1.50 bits per heavy atom. The van der Waals surface area contributed by atoms with Crippen molar-refractivity contribution in [1.82, 2.24) is 9.88 Å². The van der Waals surface area contributed by atoms with Crippen LogP contribution in [0.5, 0.6) is 0 Å². The van der Waals surface area contributed by atoms with Crippen molar-refractivity contribution >= 4 is 17.2 Å². The van der Waals surface area contributed by atoms with Crippen LogP contribution in [0.3, 0.4) is 0 Å². The molecule has 2 heterocycles. The zero-order valence-corrected chi connectivity index (χ0v) is 9.96. The number of aryl methyl sites for hydroxylation is 1. The number of nitrogens with zero attached hydrogens (tertiary/aromatic N) is 1. The van der Waals surface area contributed by atoms with Crippen LogP contribution in [0.25, 0.3) is 0 Å². The molecule has 0 aliphatic carbocycles. The average Bonchev–Trinajstić information content (AvgIpc) is 2.89. The van der Waals surface area contributed by atoms with Gasteiger partial charge in [-0.25, -0.2) is 0 Å². The third kappa shape index (κ3) is 2.73. The van der Waals surface area contributed by atoms with Gasteiger partial charge in [0.1, 0.15) is 0 Å². The SMILES string of the molecule is Cn1ccc(CCNC(=O)c2cccs2)c1. The summed E-state index contributed by atoms with van der Waals surface area (Å²) < 4.78 is 2.01. The number of carbonyl (C=O) groups excluding carboxylic acids is 1. The maximum atomic E-state index is 11.6. The number of thiophene rings is 1. The molecule has 0 saturated heterocycles. The highest BCUT2D eigenvalue weighted by atomic mass is 32.1. The summed E-state index contributed by atoms with van der Waals surface area (Å²) in [4.78, 5) is 12.4. The maximum Gasteiger partial charge on any atom is 0.261 e. The van der Waals surface area contributed by atoms with Gasteiger partial charge in [-0.15, -0.1) is 11.3 Å². The van der Waals surface area contributed by atoms with E-state index < -0.39 is 0 Å². The molecule has 2 aromatic heterocycles. The lowest BCUT2D eigenvalue weighted by atomic mass is 10.2. The van der Waals surface area contributed by atoms with Crippen LogP contribution in [-0.4, -0.2) is 17.0 Å². The van der Waals surface area contributed by atoms with Gasteiger partial charge in [0.15, 0.2) is 0 Å². The molecular weight excluding hydrogens is 220 g/mol. The van der Waals surface area contributed by atoms with Crippen molar-refractivity contribution in [1.29, 1.82) is 0 Å². The Morgan fingerprint density at radius 2 is 2.38 bits per heavy atom. The van der Waals surface area contributed by atoms with Crippen molar-refractivity contribution in [2.75, 3.05) is 6.54 Å². The number of rotatable bonds is 4. The van der Waals surface area contributed by atoms with Crippen LogP contribution in [0.2, 0.25) is 0 Å². The maximum absolute atomic E-state index is 11.6. The summed E-state index contributed by atoms with van der Waals surface area (Å²) in [6.45, 7) is 0.681. The van der Waals surface area contributed by atoms with Gasteiger partial charge in [0.25, 0.3) is 5.91 Å². The smallest absolute Gasteiger partial charge is 0.261 e. The Balaban J connectivity index is 1.78. The Kier molecular flexibility index (Phi) is 3.41. The second-order valence-electron chi connectivity index (χ2n) is 3.67. The second-order valence-corrected chi connectivity index (χ2v) is 4.62. The van der Waals surface area contributed by atoms with Crippen LogP contribution in [0.1, 0.15) is 15.2 Å². The first kappa shape index (κ1) is 11.0. The molecule has 84 valence electrons. The molecule has 1 amide bonds. The lowest BCUT2D eigenvalue weighted by molar-refractivity contribution is 0.0958. The minimum Gasteiger partial charge on any atom is -0.357 e. The molecule has 0 saturated carbocycles. The number of nitrogens with one attached hydrogen (secondary N) is 1. The predicted molar refractivity (Wildman–Crippen MR) is 65.8 cm³/mol.